The van der Waals surface area contributed by atoms with Crippen LogP contribution in [0.1, 0.15) is 36.2 Å². The molecule has 1 aromatic rings. The van der Waals surface area contributed by atoms with Crippen molar-refractivity contribution in [2.24, 2.45) is 0 Å². The Morgan fingerprint density at radius 1 is 1.14 bits per heavy atom. The summed E-state index contributed by atoms with van der Waals surface area (Å²) in [6.07, 6.45) is 4.50. The highest BCUT2D eigenvalue weighted by atomic mass is 32.2. The van der Waals surface area contributed by atoms with E-state index < -0.39 is 10.0 Å². The van der Waals surface area contributed by atoms with Crippen molar-refractivity contribution in [2.45, 2.75) is 43.0 Å². The van der Waals surface area contributed by atoms with Gasteiger partial charge in [0.05, 0.1) is 17.6 Å². The molecule has 1 aliphatic carbocycles. The van der Waals surface area contributed by atoms with Gasteiger partial charge in [-0.3, -0.25) is 4.79 Å². The molecule has 2 saturated heterocycles. The fourth-order valence-electron chi connectivity index (χ4n) is 3.61. The van der Waals surface area contributed by atoms with E-state index in [1.54, 1.807) is 21.3 Å². The van der Waals surface area contributed by atoms with Crippen LogP contribution in [0.15, 0.2) is 22.8 Å². The molecule has 0 spiro atoms. The van der Waals surface area contributed by atoms with E-state index in [-0.39, 0.29) is 23.2 Å². The van der Waals surface area contributed by atoms with Gasteiger partial charge >= 0.3 is 0 Å². The van der Waals surface area contributed by atoms with Gasteiger partial charge in [0.15, 0.2) is 5.76 Å². The minimum Gasteiger partial charge on any atom is -0.459 e. The standard InChI is InChI=1S/C14H18N2O4S/c17-14(13-2-1-9-20-13)15-7-5-12-11(15)6-8-16(12)21(18,19)10-3-4-10/h1-2,9-12H,3-8H2/t11-,12+/m0/s1. The number of nitrogens with zero attached hydrogens (tertiary/aromatic N) is 2. The van der Waals surface area contributed by atoms with Crippen LogP contribution < -0.4 is 0 Å². The van der Waals surface area contributed by atoms with E-state index in [0.717, 1.165) is 25.7 Å². The van der Waals surface area contributed by atoms with Crippen LogP contribution in [0, 0.1) is 0 Å². The molecule has 1 aromatic heterocycles. The van der Waals surface area contributed by atoms with Gasteiger partial charge in [0.1, 0.15) is 0 Å². The number of carbonyl (C=O) groups is 1. The lowest BCUT2D eigenvalue weighted by atomic mass is 10.1. The molecule has 0 aromatic carbocycles. The number of rotatable bonds is 3. The second-order valence-corrected chi connectivity index (χ2v) is 8.21. The maximum Gasteiger partial charge on any atom is 0.289 e. The zero-order chi connectivity index (χ0) is 14.6. The van der Waals surface area contributed by atoms with E-state index in [2.05, 4.69) is 0 Å². The minimum absolute atomic E-state index is 0.00359. The first-order chi connectivity index (χ1) is 10.1. The van der Waals surface area contributed by atoms with Crippen LogP contribution in [0.5, 0.6) is 0 Å². The third-order valence-corrected chi connectivity index (χ3v) is 7.21. The lowest BCUT2D eigenvalue weighted by Gasteiger charge is -2.24. The van der Waals surface area contributed by atoms with Crippen molar-refractivity contribution in [3.63, 3.8) is 0 Å². The number of hydrogen-bond donors (Lipinski definition) is 0. The molecule has 4 rings (SSSR count). The number of fused-ring (bicyclic) bond motifs is 1. The monoisotopic (exact) mass is 310 g/mol. The predicted molar refractivity (Wildman–Crippen MR) is 75.2 cm³/mol. The molecular weight excluding hydrogens is 292 g/mol. The summed E-state index contributed by atoms with van der Waals surface area (Å²) in [5.41, 5.74) is 0. The molecule has 1 saturated carbocycles. The Morgan fingerprint density at radius 2 is 1.90 bits per heavy atom. The lowest BCUT2D eigenvalue weighted by Crippen LogP contribution is -2.42. The largest absolute Gasteiger partial charge is 0.459 e. The van der Waals surface area contributed by atoms with Crippen LogP contribution in [0.2, 0.25) is 0 Å². The maximum atomic E-state index is 12.4. The van der Waals surface area contributed by atoms with Crippen LogP contribution in [0.3, 0.4) is 0 Å². The molecular formula is C14H18N2O4S. The Morgan fingerprint density at radius 3 is 2.57 bits per heavy atom. The molecule has 21 heavy (non-hydrogen) atoms. The van der Waals surface area contributed by atoms with Gasteiger partial charge in [-0.2, -0.15) is 4.31 Å². The van der Waals surface area contributed by atoms with Gasteiger partial charge in [-0.15, -0.1) is 0 Å². The third kappa shape index (κ3) is 2.02. The molecule has 6 nitrogen and oxygen atoms in total. The smallest absolute Gasteiger partial charge is 0.289 e. The zero-order valence-corrected chi connectivity index (χ0v) is 12.5. The SMILES string of the molecule is O=C(c1ccco1)N1CC[C@@H]2[C@@H]1CCN2S(=O)(=O)C1CC1. The van der Waals surface area contributed by atoms with Crippen LogP contribution in [-0.4, -0.2) is 54.0 Å². The first-order valence-corrected chi connectivity index (χ1v) is 8.94. The molecule has 1 amide bonds. The highest BCUT2D eigenvalue weighted by Gasteiger charge is 2.52. The average Bonchev–Trinajstić information content (AvgIpc) is 2.91. The Labute approximate surface area is 123 Å². The van der Waals surface area contributed by atoms with Gasteiger partial charge in [-0.05, 0) is 37.8 Å². The van der Waals surface area contributed by atoms with E-state index in [1.807, 2.05) is 0 Å². The van der Waals surface area contributed by atoms with Gasteiger partial charge < -0.3 is 9.32 Å². The van der Waals surface area contributed by atoms with Crippen LogP contribution >= 0.6 is 0 Å². The maximum absolute atomic E-state index is 12.4. The summed E-state index contributed by atoms with van der Waals surface area (Å²) < 4.78 is 31.7. The number of carbonyl (C=O) groups excluding carboxylic acids is 1. The summed E-state index contributed by atoms with van der Waals surface area (Å²) in [7, 11) is -3.15. The third-order valence-electron chi connectivity index (χ3n) is 4.79. The Bertz CT molecular complexity index is 651. The Kier molecular flexibility index (Phi) is 2.91. The highest BCUT2D eigenvalue weighted by Crippen LogP contribution is 2.39. The molecule has 2 aliphatic heterocycles. The highest BCUT2D eigenvalue weighted by molar-refractivity contribution is 7.90. The number of amides is 1. The summed E-state index contributed by atoms with van der Waals surface area (Å²) in [6, 6.07) is 3.30. The summed E-state index contributed by atoms with van der Waals surface area (Å²) in [4.78, 5) is 14.2. The molecule has 0 radical (unpaired) electrons. The second kappa shape index (κ2) is 4.58. The fourth-order valence-corrected chi connectivity index (χ4v) is 5.71. The second-order valence-electron chi connectivity index (χ2n) is 6.04. The molecule has 3 fully saturated rings. The van der Waals surface area contributed by atoms with Crippen molar-refractivity contribution in [3.8, 4) is 0 Å². The van der Waals surface area contributed by atoms with E-state index in [4.69, 9.17) is 4.42 Å². The van der Waals surface area contributed by atoms with Crippen molar-refractivity contribution in [1.82, 2.24) is 9.21 Å². The average molecular weight is 310 g/mol. The minimum atomic E-state index is -3.15. The molecule has 0 unspecified atom stereocenters. The van der Waals surface area contributed by atoms with Gasteiger partial charge in [0, 0.05) is 19.1 Å². The molecule has 3 heterocycles. The van der Waals surface area contributed by atoms with Crippen molar-refractivity contribution < 1.29 is 17.6 Å². The van der Waals surface area contributed by atoms with E-state index in [9.17, 15) is 13.2 Å². The Balaban J connectivity index is 1.55. The molecule has 3 aliphatic rings. The molecule has 2 atom stereocenters. The zero-order valence-electron chi connectivity index (χ0n) is 11.6. The number of likely N-dealkylation sites (tertiary alicyclic amines) is 1. The summed E-state index contributed by atoms with van der Waals surface area (Å²) in [5, 5.41) is -0.175. The van der Waals surface area contributed by atoms with Crippen molar-refractivity contribution in [1.29, 1.82) is 0 Å². The fraction of sp³-hybridized carbons (Fsp3) is 0.643. The lowest BCUT2D eigenvalue weighted by molar-refractivity contribution is 0.0703. The first-order valence-electron chi connectivity index (χ1n) is 7.44. The summed E-state index contributed by atoms with van der Waals surface area (Å²) >= 11 is 0. The molecule has 114 valence electrons. The quantitative estimate of drug-likeness (QED) is 0.837. The van der Waals surface area contributed by atoms with E-state index in [0.29, 0.717) is 18.8 Å². The van der Waals surface area contributed by atoms with Crippen LogP contribution in [-0.2, 0) is 10.0 Å². The van der Waals surface area contributed by atoms with Gasteiger partial charge in [-0.25, -0.2) is 8.42 Å². The molecule has 7 heteroatoms. The van der Waals surface area contributed by atoms with E-state index >= 15 is 0 Å². The molecule has 0 N–H and O–H groups in total. The van der Waals surface area contributed by atoms with Crippen molar-refractivity contribution in [2.75, 3.05) is 13.1 Å². The predicted octanol–water partition coefficient (Wildman–Crippen LogP) is 1.06. The van der Waals surface area contributed by atoms with Gasteiger partial charge in [0.25, 0.3) is 5.91 Å². The number of hydrogen-bond acceptors (Lipinski definition) is 4. The normalized spacial score (nSPS) is 29.8. The number of furan rings is 1. The first kappa shape index (κ1) is 13.3. The topological polar surface area (TPSA) is 70.8 Å². The summed E-state index contributed by atoms with van der Waals surface area (Å²) in [6.45, 7) is 1.14. The van der Waals surface area contributed by atoms with Crippen LogP contribution in [0.25, 0.3) is 0 Å². The van der Waals surface area contributed by atoms with Crippen molar-refractivity contribution in [3.05, 3.63) is 24.2 Å². The molecule has 0 bridgehead atoms. The van der Waals surface area contributed by atoms with Crippen molar-refractivity contribution >= 4 is 15.9 Å². The van der Waals surface area contributed by atoms with E-state index in [1.165, 1.54) is 6.26 Å². The van der Waals surface area contributed by atoms with Gasteiger partial charge in [-0.1, -0.05) is 0 Å². The number of sulfonamides is 1. The Hall–Kier alpha value is -1.34. The van der Waals surface area contributed by atoms with Gasteiger partial charge in [0.2, 0.25) is 10.0 Å². The van der Waals surface area contributed by atoms with Crippen LogP contribution in [0.4, 0.5) is 0 Å². The summed E-state index contributed by atoms with van der Waals surface area (Å²) in [5.74, 6) is 0.206.